The summed E-state index contributed by atoms with van der Waals surface area (Å²) >= 11 is 14.8. The van der Waals surface area contributed by atoms with E-state index in [-0.39, 0.29) is 0 Å². The average Bonchev–Trinajstić information content (AvgIpc) is 2.84. The van der Waals surface area contributed by atoms with Gasteiger partial charge in [-0.2, -0.15) is 0 Å². The van der Waals surface area contributed by atoms with Crippen LogP contribution in [0, 0.1) is 0 Å². The highest BCUT2D eigenvalue weighted by Gasteiger charge is 2.22. The number of benzene rings is 1. The molecular formula is C16H19Cl2IN2. The zero-order chi connectivity index (χ0) is 14.8. The van der Waals surface area contributed by atoms with Crippen molar-refractivity contribution in [3.63, 3.8) is 0 Å². The number of fused-ring (bicyclic) bond motifs is 1. The van der Waals surface area contributed by atoms with Crippen LogP contribution in [-0.2, 0) is 6.54 Å². The van der Waals surface area contributed by atoms with Crippen molar-refractivity contribution in [1.82, 2.24) is 9.55 Å². The summed E-state index contributed by atoms with van der Waals surface area (Å²) in [6, 6.07) is 3.89. The molecule has 0 radical (unpaired) electrons. The van der Waals surface area contributed by atoms with Gasteiger partial charge >= 0.3 is 0 Å². The SMILES string of the molecule is Clc1cc2nc(C3CCCCC3)n(CCCI)c2cc1Cl. The Bertz CT molecular complexity index is 633. The van der Waals surface area contributed by atoms with Crippen molar-refractivity contribution in [2.45, 2.75) is 51.0 Å². The van der Waals surface area contributed by atoms with Crippen LogP contribution in [0.25, 0.3) is 11.0 Å². The monoisotopic (exact) mass is 436 g/mol. The van der Waals surface area contributed by atoms with Crippen LogP contribution in [-0.4, -0.2) is 14.0 Å². The Morgan fingerprint density at radius 1 is 1.14 bits per heavy atom. The summed E-state index contributed by atoms with van der Waals surface area (Å²) in [5.41, 5.74) is 2.12. The summed E-state index contributed by atoms with van der Waals surface area (Å²) in [7, 11) is 0. The Labute approximate surface area is 149 Å². The molecule has 2 nitrogen and oxygen atoms in total. The molecule has 0 aliphatic heterocycles. The standard InChI is InChI=1S/C16H19Cl2IN2/c17-12-9-14-15(10-13(12)18)21(8-4-7-19)16(20-14)11-5-2-1-3-6-11/h9-11H,1-8H2. The molecule has 1 aliphatic rings. The van der Waals surface area contributed by atoms with Crippen molar-refractivity contribution in [3.8, 4) is 0 Å². The lowest BCUT2D eigenvalue weighted by Crippen LogP contribution is -2.12. The molecule has 0 atom stereocenters. The van der Waals surface area contributed by atoms with Gasteiger partial charge in [0.25, 0.3) is 0 Å². The number of alkyl halides is 1. The molecule has 3 rings (SSSR count). The number of hydrogen-bond donors (Lipinski definition) is 0. The first kappa shape index (κ1) is 15.9. The van der Waals surface area contributed by atoms with Gasteiger partial charge in [0.15, 0.2) is 0 Å². The van der Waals surface area contributed by atoms with Crippen LogP contribution >= 0.6 is 45.8 Å². The van der Waals surface area contributed by atoms with Crippen molar-refractivity contribution in [2.24, 2.45) is 0 Å². The van der Waals surface area contributed by atoms with Crippen LogP contribution in [0.15, 0.2) is 12.1 Å². The second kappa shape index (κ2) is 7.05. The summed E-state index contributed by atoms with van der Waals surface area (Å²) in [5.74, 6) is 1.84. The van der Waals surface area contributed by atoms with E-state index in [0.29, 0.717) is 16.0 Å². The van der Waals surface area contributed by atoms with Crippen molar-refractivity contribution in [1.29, 1.82) is 0 Å². The molecule has 21 heavy (non-hydrogen) atoms. The molecule has 1 heterocycles. The van der Waals surface area contributed by atoms with Crippen LogP contribution in [0.1, 0.15) is 50.3 Å². The highest BCUT2D eigenvalue weighted by atomic mass is 127. The Kier molecular flexibility index (Phi) is 5.33. The largest absolute Gasteiger partial charge is 0.328 e. The highest BCUT2D eigenvalue weighted by Crippen LogP contribution is 2.36. The van der Waals surface area contributed by atoms with Gasteiger partial charge in [-0.3, -0.25) is 0 Å². The maximum absolute atomic E-state index is 6.21. The molecule has 1 fully saturated rings. The topological polar surface area (TPSA) is 17.8 Å². The van der Waals surface area contributed by atoms with Gasteiger partial charge in [-0.05, 0) is 31.4 Å². The van der Waals surface area contributed by atoms with Gasteiger partial charge < -0.3 is 4.57 Å². The predicted molar refractivity (Wildman–Crippen MR) is 99.1 cm³/mol. The molecule has 2 aromatic rings. The first-order valence-electron chi connectivity index (χ1n) is 7.62. The number of nitrogens with zero attached hydrogens (tertiary/aromatic N) is 2. The normalized spacial score (nSPS) is 16.7. The maximum Gasteiger partial charge on any atom is 0.112 e. The zero-order valence-corrected chi connectivity index (χ0v) is 15.6. The second-order valence-electron chi connectivity index (χ2n) is 5.75. The fourth-order valence-electron chi connectivity index (χ4n) is 3.26. The number of aromatic nitrogens is 2. The van der Waals surface area contributed by atoms with Crippen LogP contribution in [0.4, 0.5) is 0 Å². The van der Waals surface area contributed by atoms with Gasteiger partial charge in [0.05, 0.1) is 21.1 Å². The lowest BCUT2D eigenvalue weighted by molar-refractivity contribution is 0.416. The van der Waals surface area contributed by atoms with Crippen molar-refractivity contribution < 1.29 is 0 Å². The lowest BCUT2D eigenvalue weighted by atomic mass is 9.88. The molecule has 1 saturated carbocycles. The molecule has 1 aromatic carbocycles. The predicted octanol–water partition coefficient (Wildman–Crippen LogP) is 6.22. The number of imidazole rings is 1. The minimum Gasteiger partial charge on any atom is -0.328 e. The first-order valence-corrected chi connectivity index (χ1v) is 9.90. The first-order chi connectivity index (χ1) is 10.2. The van der Waals surface area contributed by atoms with E-state index in [4.69, 9.17) is 28.2 Å². The van der Waals surface area contributed by atoms with E-state index in [2.05, 4.69) is 27.2 Å². The van der Waals surface area contributed by atoms with E-state index in [1.54, 1.807) is 0 Å². The third-order valence-electron chi connectivity index (χ3n) is 4.31. The molecule has 1 aliphatic carbocycles. The minimum absolute atomic E-state index is 0.595. The molecule has 0 amide bonds. The second-order valence-corrected chi connectivity index (χ2v) is 7.65. The zero-order valence-electron chi connectivity index (χ0n) is 11.9. The number of rotatable bonds is 4. The van der Waals surface area contributed by atoms with Gasteiger partial charge in [-0.25, -0.2) is 4.98 Å². The number of aryl methyl sites for hydroxylation is 1. The summed E-state index contributed by atoms with van der Waals surface area (Å²) in [6.07, 6.45) is 7.68. The quantitative estimate of drug-likeness (QED) is 0.411. The molecule has 1 aromatic heterocycles. The Hall–Kier alpha value is -0.000000000000000167. The fraction of sp³-hybridized carbons (Fsp3) is 0.562. The summed E-state index contributed by atoms with van der Waals surface area (Å²) in [4.78, 5) is 4.91. The van der Waals surface area contributed by atoms with Crippen molar-refractivity contribution >= 4 is 56.8 Å². The molecule has 0 unspecified atom stereocenters. The average molecular weight is 437 g/mol. The van der Waals surface area contributed by atoms with Gasteiger partial charge in [-0.15, -0.1) is 0 Å². The third kappa shape index (κ3) is 3.35. The number of halogens is 3. The van der Waals surface area contributed by atoms with Gasteiger partial charge in [0, 0.05) is 16.9 Å². The molecule has 0 saturated heterocycles. The molecule has 0 N–H and O–H groups in total. The lowest BCUT2D eigenvalue weighted by Gasteiger charge is -2.22. The van der Waals surface area contributed by atoms with Gasteiger partial charge in [0.2, 0.25) is 0 Å². The Morgan fingerprint density at radius 2 is 1.86 bits per heavy atom. The highest BCUT2D eigenvalue weighted by molar-refractivity contribution is 14.1. The molecule has 5 heteroatoms. The Balaban J connectivity index is 2.07. The summed E-state index contributed by atoms with van der Waals surface area (Å²) in [5, 5.41) is 1.22. The van der Waals surface area contributed by atoms with E-state index in [1.807, 2.05) is 12.1 Å². The number of hydrogen-bond acceptors (Lipinski definition) is 1. The molecule has 114 valence electrons. The van der Waals surface area contributed by atoms with Gasteiger partial charge in [-0.1, -0.05) is 65.1 Å². The summed E-state index contributed by atoms with van der Waals surface area (Å²) < 4.78 is 3.54. The van der Waals surface area contributed by atoms with Crippen LogP contribution in [0.2, 0.25) is 10.0 Å². The van der Waals surface area contributed by atoms with Crippen LogP contribution in [0.3, 0.4) is 0 Å². The third-order valence-corrected chi connectivity index (χ3v) is 5.79. The Morgan fingerprint density at radius 3 is 2.57 bits per heavy atom. The van der Waals surface area contributed by atoms with Crippen LogP contribution in [0.5, 0.6) is 0 Å². The van der Waals surface area contributed by atoms with Gasteiger partial charge in [0.1, 0.15) is 5.82 Å². The molecular weight excluding hydrogens is 418 g/mol. The maximum atomic E-state index is 6.21. The van der Waals surface area contributed by atoms with Crippen LogP contribution < -0.4 is 0 Å². The molecule has 0 spiro atoms. The fourth-order valence-corrected chi connectivity index (χ4v) is 3.92. The molecule has 0 bridgehead atoms. The van der Waals surface area contributed by atoms with E-state index >= 15 is 0 Å². The minimum atomic E-state index is 0.595. The van der Waals surface area contributed by atoms with Crippen molar-refractivity contribution in [2.75, 3.05) is 4.43 Å². The van der Waals surface area contributed by atoms with Crippen molar-refractivity contribution in [3.05, 3.63) is 28.0 Å². The van der Waals surface area contributed by atoms with E-state index in [1.165, 1.54) is 37.9 Å². The van der Waals surface area contributed by atoms with E-state index in [9.17, 15) is 0 Å². The van der Waals surface area contributed by atoms with E-state index < -0.39 is 0 Å². The smallest absolute Gasteiger partial charge is 0.112 e. The van der Waals surface area contributed by atoms with E-state index in [0.717, 1.165) is 28.4 Å². The summed E-state index contributed by atoms with van der Waals surface area (Å²) in [6.45, 7) is 1.02.